The van der Waals surface area contributed by atoms with Gasteiger partial charge in [0.2, 0.25) is 11.6 Å². The molecule has 0 bridgehead atoms. The predicted octanol–water partition coefficient (Wildman–Crippen LogP) is 9.49. The quantitative estimate of drug-likeness (QED) is 0.0945. The Bertz CT molecular complexity index is 3150. The fourth-order valence-electron chi connectivity index (χ4n) is 7.51. The number of hydrogen-bond donors (Lipinski definition) is 1. The van der Waals surface area contributed by atoms with Crippen molar-refractivity contribution in [3.05, 3.63) is 141 Å². The lowest BCUT2D eigenvalue weighted by molar-refractivity contribution is -0.275. The molecular weight excluding hydrogens is 990 g/mol. The molecule has 0 amide bonds. The van der Waals surface area contributed by atoms with Crippen LogP contribution < -0.4 is 30.4 Å². The number of hydrogen-bond acceptors (Lipinski definition) is 16. The number of H-pyrrole nitrogens is 1. The third-order valence-electron chi connectivity index (χ3n) is 11.0. The molecule has 380 valence electrons. The van der Waals surface area contributed by atoms with Gasteiger partial charge in [-0.15, -0.1) is 37.9 Å². The van der Waals surface area contributed by atoms with Crippen molar-refractivity contribution in [1.29, 1.82) is 0 Å². The van der Waals surface area contributed by atoms with Crippen LogP contribution in [0, 0.1) is 0 Å². The highest BCUT2D eigenvalue weighted by atomic mass is 35.5. The van der Waals surface area contributed by atoms with Crippen molar-refractivity contribution in [1.82, 2.24) is 50.2 Å². The molecule has 0 saturated carbocycles. The van der Waals surface area contributed by atoms with E-state index in [2.05, 4.69) is 70.9 Å². The number of aromatic amines is 1. The molecule has 25 heteroatoms. The van der Waals surface area contributed by atoms with E-state index < -0.39 is 12.7 Å². The van der Waals surface area contributed by atoms with Crippen LogP contribution in [0.1, 0.15) is 49.7 Å². The van der Waals surface area contributed by atoms with Crippen LogP contribution in [0.15, 0.2) is 128 Å². The topological polar surface area (TPSA) is 209 Å². The van der Waals surface area contributed by atoms with Gasteiger partial charge in [-0.25, -0.2) is 19.7 Å². The number of alkyl halides is 7. The van der Waals surface area contributed by atoms with Gasteiger partial charge in [0.1, 0.15) is 34.5 Å². The SMILES string of the molecule is ClCc1ccnc(N2CCCCC2)c1.O=c1ccc(-c2nc(-c3ccc(OC(F)(F)F)cc3)no2)n[nH]1.O=c1ccc(-c2nc(-c3ccc(OC(F)(F)F)cc3)no2)nn1Cc1ccnc(N2CCCCC2)c1. The molecular formula is C48H43ClF6N12O6. The maximum atomic E-state index is 12.5. The highest BCUT2D eigenvalue weighted by molar-refractivity contribution is 6.17. The monoisotopic (exact) mass is 1030 g/mol. The van der Waals surface area contributed by atoms with Gasteiger partial charge in [0.15, 0.2) is 0 Å². The number of aromatic nitrogens is 10. The Labute approximate surface area is 415 Å². The lowest BCUT2D eigenvalue weighted by atomic mass is 10.1. The summed E-state index contributed by atoms with van der Waals surface area (Å²) in [7, 11) is 0. The van der Waals surface area contributed by atoms with Crippen LogP contribution in [0.3, 0.4) is 0 Å². The van der Waals surface area contributed by atoms with E-state index in [1.807, 2.05) is 24.4 Å². The number of nitrogens with zero attached hydrogens (tertiary/aromatic N) is 11. The molecule has 73 heavy (non-hydrogen) atoms. The van der Waals surface area contributed by atoms with E-state index in [1.54, 1.807) is 6.20 Å². The van der Waals surface area contributed by atoms with E-state index in [1.165, 1.54) is 78.9 Å². The van der Waals surface area contributed by atoms with E-state index in [9.17, 15) is 35.9 Å². The molecule has 8 heterocycles. The molecule has 0 atom stereocenters. The second-order valence-electron chi connectivity index (χ2n) is 16.3. The van der Waals surface area contributed by atoms with E-state index in [4.69, 9.17) is 20.6 Å². The zero-order chi connectivity index (χ0) is 51.4. The van der Waals surface area contributed by atoms with Gasteiger partial charge in [-0.1, -0.05) is 10.3 Å². The molecule has 2 saturated heterocycles. The number of ether oxygens (including phenoxy) is 2. The van der Waals surface area contributed by atoms with Gasteiger partial charge in [-0.3, -0.25) is 9.59 Å². The van der Waals surface area contributed by atoms with Crippen LogP contribution in [0.5, 0.6) is 11.5 Å². The number of nitrogens with one attached hydrogen (secondary N) is 1. The molecule has 2 aromatic carbocycles. The summed E-state index contributed by atoms with van der Waals surface area (Å²) in [6, 6.07) is 23.4. The molecule has 0 aliphatic carbocycles. The number of rotatable bonds is 11. The van der Waals surface area contributed by atoms with E-state index in [0.29, 0.717) is 17.0 Å². The summed E-state index contributed by atoms with van der Waals surface area (Å²) in [5.41, 5.74) is 2.76. The first kappa shape index (κ1) is 51.2. The van der Waals surface area contributed by atoms with Gasteiger partial charge >= 0.3 is 12.7 Å². The molecule has 0 unspecified atom stereocenters. The van der Waals surface area contributed by atoms with Crippen LogP contribution in [0.25, 0.3) is 45.9 Å². The molecule has 2 aliphatic rings. The first-order valence-corrected chi connectivity index (χ1v) is 23.2. The Kier molecular flexibility index (Phi) is 16.4. The summed E-state index contributed by atoms with van der Waals surface area (Å²) >= 11 is 5.79. The molecule has 10 rings (SSSR count). The highest BCUT2D eigenvalue weighted by Crippen LogP contribution is 2.29. The van der Waals surface area contributed by atoms with Gasteiger partial charge in [-0.2, -0.15) is 20.2 Å². The van der Waals surface area contributed by atoms with Gasteiger partial charge in [0, 0.05) is 67.7 Å². The van der Waals surface area contributed by atoms with Crippen molar-refractivity contribution in [2.24, 2.45) is 0 Å². The minimum absolute atomic E-state index is 0.0619. The summed E-state index contributed by atoms with van der Waals surface area (Å²) in [5.74, 6) is 2.27. The second-order valence-corrected chi connectivity index (χ2v) is 16.6. The predicted molar refractivity (Wildman–Crippen MR) is 253 cm³/mol. The first-order chi connectivity index (χ1) is 35.1. The van der Waals surface area contributed by atoms with E-state index >= 15 is 0 Å². The van der Waals surface area contributed by atoms with E-state index in [-0.39, 0.29) is 64.0 Å². The van der Waals surface area contributed by atoms with Crippen molar-refractivity contribution >= 4 is 23.2 Å². The number of pyridine rings is 2. The third-order valence-corrected chi connectivity index (χ3v) is 11.3. The average molecular weight is 1030 g/mol. The summed E-state index contributed by atoms with van der Waals surface area (Å²) in [6.45, 7) is 4.43. The van der Waals surface area contributed by atoms with Crippen LogP contribution in [-0.4, -0.2) is 89.1 Å². The zero-order valence-corrected chi connectivity index (χ0v) is 39.1. The van der Waals surface area contributed by atoms with Crippen LogP contribution in [0.2, 0.25) is 0 Å². The normalized spacial score (nSPS) is 13.8. The molecule has 18 nitrogen and oxygen atoms in total. The largest absolute Gasteiger partial charge is 0.573 e. The number of benzene rings is 2. The average Bonchev–Trinajstić information content (AvgIpc) is 4.10. The fraction of sp³-hybridized carbons (Fsp3) is 0.292. The minimum Gasteiger partial charge on any atom is -0.406 e. The fourth-order valence-corrected chi connectivity index (χ4v) is 7.67. The first-order valence-electron chi connectivity index (χ1n) is 22.6. The molecule has 8 aromatic rings. The molecule has 2 fully saturated rings. The van der Waals surface area contributed by atoms with Crippen LogP contribution in [0.4, 0.5) is 38.0 Å². The Balaban J connectivity index is 0.000000163. The van der Waals surface area contributed by atoms with Crippen molar-refractivity contribution in [2.45, 2.75) is 63.7 Å². The van der Waals surface area contributed by atoms with Crippen LogP contribution >= 0.6 is 11.6 Å². The Morgan fingerprint density at radius 2 is 1.07 bits per heavy atom. The van der Waals surface area contributed by atoms with Gasteiger partial charge in [0.05, 0.1) is 6.54 Å². The number of anilines is 2. The van der Waals surface area contributed by atoms with Crippen molar-refractivity contribution < 1.29 is 44.9 Å². The lowest BCUT2D eigenvalue weighted by Crippen LogP contribution is -2.30. The zero-order valence-electron chi connectivity index (χ0n) is 38.4. The van der Waals surface area contributed by atoms with Gasteiger partial charge < -0.3 is 28.3 Å². The number of piperidine rings is 2. The van der Waals surface area contributed by atoms with E-state index in [0.717, 1.165) is 86.0 Å². The summed E-state index contributed by atoms with van der Waals surface area (Å²) in [6.07, 6.45) is 1.45. The molecule has 0 spiro atoms. The molecule has 6 aromatic heterocycles. The Morgan fingerprint density at radius 1 is 0.589 bits per heavy atom. The third kappa shape index (κ3) is 14.7. The molecule has 1 N–H and O–H groups in total. The Hall–Kier alpha value is -8.15. The van der Waals surface area contributed by atoms with Crippen molar-refractivity contribution in [2.75, 3.05) is 36.0 Å². The summed E-state index contributed by atoms with van der Waals surface area (Å²) in [4.78, 5) is 45.2. The smallest absolute Gasteiger partial charge is 0.406 e. The highest BCUT2D eigenvalue weighted by Gasteiger charge is 2.32. The molecule has 2 aliphatic heterocycles. The van der Waals surface area contributed by atoms with Gasteiger partial charge in [-0.05, 0) is 135 Å². The molecule has 0 radical (unpaired) electrons. The maximum Gasteiger partial charge on any atom is 0.573 e. The number of halogens is 7. The van der Waals surface area contributed by atoms with Crippen LogP contribution in [-0.2, 0) is 12.4 Å². The maximum absolute atomic E-state index is 12.5. The summed E-state index contributed by atoms with van der Waals surface area (Å²) < 4.78 is 92.6. The standard InChI is InChI=1S/C24H21F3N6O3.C13H7F3N4O3.C11H15ClN2/c25-24(26,27)35-18-6-4-17(5-7-18)22-29-23(36-31-22)19-8-9-21(34)33(30-19)15-16-10-11-28-20(14-16)32-12-2-1-3-13-32;14-13(15,16)22-8-3-1-7(2-4-8)11-17-12(23-20-11)9-5-6-10(21)19-18-9;12-9-10-4-5-13-11(8-10)14-6-2-1-3-7-14/h4-11,14H,1-3,12-13,15H2;1-6H,(H,19,21);4-5,8H,1-3,6-7,9H2. The lowest BCUT2D eigenvalue weighted by Gasteiger charge is -2.27. The Morgan fingerprint density at radius 3 is 1.55 bits per heavy atom. The summed E-state index contributed by atoms with van der Waals surface area (Å²) in [5, 5.41) is 17.9. The minimum atomic E-state index is -4.78. The van der Waals surface area contributed by atoms with Crippen molar-refractivity contribution in [3.63, 3.8) is 0 Å². The van der Waals surface area contributed by atoms with Crippen molar-refractivity contribution in [3.8, 4) is 57.4 Å². The second kappa shape index (κ2) is 23.4. The van der Waals surface area contributed by atoms with Gasteiger partial charge in [0.25, 0.3) is 22.9 Å².